The lowest BCUT2D eigenvalue weighted by Crippen LogP contribution is -2.52. The van der Waals surface area contributed by atoms with Gasteiger partial charge in [-0.3, -0.25) is 19.1 Å². The zero-order valence-electron chi connectivity index (χ0n) is 15.5. The Kier molecular flexibility index (Phi) is 4.08. The van der Waals surface area contributed by atoms with E-state index in [4.69, 9.17) is 4.74 Å². The van der Waals surface area contributed by atoms with E-state index in [1.54, 1.807) is 0 Å². The molecule has 0 aliphatic carbocycles. The molecular weight excluding hydrogens is 332 g/mol. The first-order chi connectivity index (χ1) is 12.3. The fourth-order valence-corrected chi connectivity index (χ4v) is 4.19. The molecule has 0 unspecified atom stereocenters. The summed E-state index contributed by atoms with van der Waals surface area (Å²) >= 11 is 0. The van der Waals surface area contributed by atoms with Crippen LogP contribution in [-0.4, -0.2) is 37.9 Å². The Morgan fingerprint density at radius 3 is 2.58 bits per heavy atom. The molecule has 0 N–H and O–H groups in total. The van der Waals surface area contributed by atoms with Gasteiger partial charge in [0.25, 0.3) is 0 Å². The summed E-state index contributed by atoms with van der Waals surface area (Å²) in [6, 6.07) is 6.61. The highest BCUT2D eigenvalue weighted by Crippen LogP contribution is 2.32. The molecule has 138 valence electrons. The van der Waals surface area contributed by atoms with Crippen LogP contribution in [0.3, 0.4) is 0 Å². The normalized spacial score (nSPS) is 22.7. The van der Waals surface area contributed by atoms with E-state index in [1.807, 2.05) is 0 Å². The molecule has 2 aliphatic rings. The first-order valence-corrected chi connectivity index (χ1v) is 8.96. The molecule has 1 saturated heterocycles. The van der Waals surface area contributed by atoms with E-state index in [2.05, 4.69) is 42.0 Å². The molecule has 26 heavy (non-hydrogen) atoms. The van der Waals surface area contributed by atoms with E-state index in [0.29, 0.717) is 12.4 Å². The van der Waals surface area contributed by atoms with Crippen molar-refractivity contribution < 1.29 is 4.74 Å². The van der Waals surface area contributed by atoms with Crippen molar-refractivity contribution in [1.29, 1.82) is 0 Å². The lowest BCUT2D eigenvalue weighted by Gasteiger charge is -2.35. The molecule has 4 rings (SSSR count). The van der Waals surface area contributed by atoms with Crippen LogP contribution in [0.25, 0.3) is 0 Å². The molecule has 1 aromatic carbocycles. The number of likely N-dealkylation sites (tertiary alicyclic amines) is 1. The Hall–Kier alpha value is -2.25. The highest BCUT2D eigenvalue weighted by molar-refractivity contribution is 5.28. The van der Waals surface area contributed by atoms with Crippen molar-refractivity contribution in [2.75, 3.05) is 13.1 Å². The maximum Gasteiger partial charge on any atom is 0.332 e. The second-order valence-corrected chi connectivity index (χ2v) is 7.66. The van der Waals surface area contributed by atoms with Crippen LogP contribution in [0.4, 0.5) is 0 Å². The van der Waals surface area contributed by atoms with Crippen LogP contribution < -0.4 is 11.1 Å². The van der Waals surface area contributed by atoms with Gasteiger partial charge in [0.15, 0.2) is 5.82 Å². The number of hydrogen-bond acceptors (Lipinski definition) is 5. The third kappa shape index (κ3) is 3.01. The second-order valence-electron chi connectivity index (χ2n) is 7.66. The number of hydrogen-bond donors (Lipinski definition) is 0. The fraction of sp³-hybridized carbons (Fsp3) is 0.526. The van der Waals surface area contributed by atoms with Gasteiger partial charge in [0.1, 0.15) is 12.2 Å². The summed E-state index contributed by atoms with van der Waals surface area (Å²) in [6.07, 6.45) is 0.846. The van der Waals surface area contributed by atoms with Gasteiger partial charge in [0, 0.05) is 26.7 Å². The van der Waals surface area contributed by atoms with Gasteiger partial charge >= 0.3 is 11.1 Å². The molecule has 0 saturated carbocycles. The Morgan fingerprint density at radius 1 is 1.12 bits per heavy atom. The van der Waals surface area contributed by atoms with Crippen LogP contribution in [0, 0.1) is 13.8 Å². The fourth-order valence-electron chi connectivity index (χ4n) is 4.19. The first kappa shape index (κ1) is 17.2. The number of rotatable bonds is 2. The van der Waals surface area contributed by atoms with Crippen molar-refractivity contribution >= 4 is 0 Å². The van der Waals surface area contributed by atoms with Gasteiger partial charge in [-0.1, -0.05) is 29.3 Å². The van der Waals surface area contributed by atoms with Crippen molar-refractivity contribution in [3.05, 3.63) is 61.4 Å². The summed E-state index contributed by atoms with van der Waals surface area (Å²) in [6.45, 7) is 7.42. The molecule has 0 radical (unpaired) electrons. The minimum Gasteiger partial charge on any atom is -0.364 e. The monoisotopic (exact) mass is 356 g/mol. The molecule has 3 heterocycles. The number of fused-ring (bicyclic) bond motifs is 1. The van der Waals surface area contributed by atoms with Crippen LogP contribution in [0.2, 0.25) is 0 Å². The quantitative estimate of drug-likeness (QED) is 0.742. The van der Waals surface area contributed by atoms with Gasteiger partial charge < -0.3 is 4.74 Å². The van der Waals surface area contributed by atoms with Gasteiger partial charge in [-0.25, -0.2) is 4.68 Å². The minimum absolute atomic E-state index is 0.265. The van der Waals surface area contributed by atoms with Gasteiger partial charge in [-0.2, -0.15) is 5.10 Å². The van der Waals surface area contributed by atoms with Crippen molar-refractivity contribution in [3.8, 4) is 0 Å². The van der Waals surface area contributed by atoms with E-state index in [-0.39, 0.29) is 6.61 Å². The van der Waals surface area contributed by atoms with E-state index in [0.717, 1.165) is 30.7 Å². The smallest absolute Gasteiger partial charge is 0.332 e. The highest BCUT2D eigenvalue weighted by atomic mass is 16.5. The SMILES string of the molecule is Cc1cc(C)cc(CN2CC[C@@]3(C2)Cn2c(nn(C)c(=O)c2=O)CO3)c1. The molecule has 0 bridgehead atoms. The molecule has 1 spiro atoms. The molecule has 1 atom stereocenters. The number of benzene rings is 1. The Morgan fingerprint density at radius 2 is 1.85 bits per heavy atom. The molecule has 7 heteroatoms. The van der Waals surface area contributed by atoms with E-state index >= 15 is 0 Å². The number of aromatic nitrogens is 3. The van der Waals surface area contributed by atoms with Crippen LogP contribution in [0.1, 0.15) is 28.9 Å². The Bertz CT molecular complexity index is 957. The number of aryl methyl sites for hydroxylation is 3. The zero-order valence-corrected chi connectivity index (χ0v) is 15.5. The zero-order chi connectivity index (χ0) is 18.5. The third-order valence-corrected chi connectivity index (χ3v) is 5.34. The maximum atomic E-state index is 12.3. The molecule has 0 amide bonds. The summed E-state index contributed by atoms with van der Waals surface area (Å²) in [7, 11) is 1.50. The van der Waals surface area contributed by atoms with Crippen molar-refractivity contribution in [2.24, 2.45) is 7.05 Å². The van der Waals surface area contributed by atoms with Crippen molar-refractivity contribution in [2.45, 2.75) is 45.6 Å². The van der Waals surface area contributed by atoms with Crippen LogP contribution in [0.15, 0.2) is 27.8 Å². The molecule has 1 fully saturated rings. The van der Waals surface area contributed by atoms with E-state index < -0.39 is 16.7 Å². The van der Waals surface area contributed by atoms with Crippen molar-refractivity contribution in [1.82, 2.24) is 19.2 Å². The van der Waals surface area contributed by atoms with Gasteiger partial charge in [0.05, 0.1) is 6.54 Å². The molecular formula is C19H24N4O3. The Balaban J connectivity index is 1.54. The summed E-state index contributed by atoms with van der Waals surface area (Å²) < 4.78 is 8.74. The third-order valence-electron chi connectivity index (χ3n) is 5.34. The summed E-state index contributed by atoms with van der Waals surface area (Å²) in [5.74, 6) is 0.524. The van der Waals surface area contributed by atoms with Crippen LogP contribution in [-0.2, 0) is 31.5 Å². The topological polar surface area (TPSA) is 69.4 Å². The highest BCUT2D eigenvalue weighted by Gasteiger charge is 2.43. The molecule has 1 aromatic heterocycles. The van der Waals surface area contributed by atoms with E-state index in [9.17, 15) is 9.59 Å². The largest absolute Gasteiger partial charge is 0.364 e. The Labute approximate surface area is 151 Å². The first-order valence-electron chi connectivity index (χ1n) is 8.96. The van der Waals surface area contributed by atoms with E-state index in [1.165, 1.54) is 28.3 Å². The minimum atomic E-state index is -0.587. The van der Waals surface area contributed by atoms with Gasteiger partial charge in [-0.05, 0) is 25.8 Å². The average molecular weight is 356 g/mol. The summed E-state index contributed by atoms with van der Waals surface area (Å²) in [4.78, 5) is 26.6. The lowest BCUT2D eigenvalue weighted by atomic mass is 10.0. The molecule has 7 nitrogen and oxygen atoms in total. The maximum absolute atomic E-state index is 12.3. The molecule has 2 aliphatic heterocycles. The second kappa shape index (κ2) is 6.17. The van der Waals surface area contributed by atoms with Gasteiger partial charge in [0.2, 0.25) is 0 Å². The van der Waals surface area contributed by atoms with Crippen molar-refractivity contribution in [3.63, 3.8) is 0 Å². The molecule has 2 aromatic rings. The number of nitrogens with zero attached hydrogens (tertiary/aromatic N) is 4. The number of ether oxygens (including phenoxy) is 1. The summed E-state index contributed by atoms with van der Waals surface area (Å²) in [5.41, 5.74) is 2.33. The van der Waals surface area contributed by atoms with Gasteiger partial charge in [-0.15, -0.1) is 0 Å². The lowest BCUT2D eigenvalue weighted by molar-refractivity contribution is -0.0858. The summed E-state index contributed by atoms with van der Waals surface area (Å²) in [5, 5.41) is 4.16. The van der Waals surface area contributed by atoms with Crippen LogP contribution >= 0.6 is 0 Å². The standard InChI is InChI=1S/C19H24N4O3/c1-13-6-14(2)8-15(7-13)9-22-5-4-19(11-22)12-23-16(10-26-19)20-21(3)17(24)18(23)25/h6-8H,4-5,9-12H2,1-3H3/t19-/m1/s1. The predicted octanol–water partition coefficient (Wildman–Crippen LogP) is 0.734. The van der Waals surface area contributed by atoms with Crippen LogP contribution in [0.5, 0.6) is 0 Å². The average Bonchev–Trinajstić information content (AvgIpc) is 2.95. The predicted molar refractivity (Wildman–Crippen MR) is 97.1 cm³/mol.